The second-order valence-electron chi connectivity index (χ2n) is 3.98. The van der Waals surface area contributed by atoms with Crippen LogP contribution in [0.3, 0.4) is 0 Å². The molecule has 2 unspecified atom stereocenters. The topological polar surface area (TPSA) is 3.24 Å². The van der Waals surface area contributed by atoms with Crippen molar-refractivity contribution in [2.75, 3.05) is 13.6 Å². The highest BCUT2D eigenvalue weighted by atomic mass is 15.1. The molecule has 1 heteroatoms. The van der Waals surface area contributed by atoms with Crippen LogP contribution in [-0.4, -0.2) is 24.5 Å². The van der Waals surface area contributed by atoms with E-state index in [1.165, 1.54) is 32.2 Å². The van der Waals surface area contributed by atoms with Gasteiger partial charge in [0.2, 0.25) is 0 Å². The van der Waals surface area contributed by atoms with Gasteiger partial charge >= 0.3 is 0 Å². The Morgan fingerprint density at radius 1 is 1.45 bits per heavy atom. The van der Waals surface area contributed by atoms with Crippen molar-refractivity contribution >= 4 is 0 Å². The van der Waals surface area contributed by atoms with Gasteiger partial charge in [0.05, 0.1) is 0 Å². The number of nitrogens with zero attached hydrogens (tertiary/aromatic N) is 1. The van der Waals surface area contributed by atoms with Crippen LogP contribution in [0.1, 0.15) is 39.5 Å². The summed E-state index contributed by atoms with van der Waals surface area (Å²) in [5.41, 5.74) is 0. The van der Waals surface area contributed by atoms with Crippen LogP contribution in [0.5, 0.6) is 0 Å². The number of likely N-dealkylation sites (tertiary alicyclic amines) is 1. The molecule has 1 saturated heterocycles. The fourth-order valence-corrected chi connectivity index (χ4v) is 2.00. The standard InChI is InChI=1S/C10H21N/c1-4-10-6-5-7-11(3)9(2)8-10/h9-10H,4-8H2,1-3H3. The molecule has 1 aliphatic heterocycles. The molecule has 0 amide bonds. The molecule has 66 valence electrons. The lowest BCUT2D eigenvalue weighted by Crippen LogP contribution is -2.28. The van der Waals surface area contributed by atoms with Gasteiger partial charge in [-0.25, -0.2) is 0 Å². The minimum Gasteiger partial charge on any atom is -0.304 e. The van der Waals surface area contributed by atoms with Crippen molar-refractivity contribution in [2.24, 2.45) is 5.92 Å². The first kappa shape index (κ1) is 9.05. The Labute approximate surface area is 70.8 Å². The molecule has 0 N–H and O–H groups in total. The van der Waals surface area contributed by atoms with Crippen LogP contribution in [0.4, 0.5) is 0 Å². The largest absolute Gasteiger partial charge is 0.304 e. The van der Waals surface area contributed by atoms with Gasteiger partial charge in [0.25, 0.3) is 0 Å². The lowest BCUT2D eigenvalue weighted by atomic mass is 9.95. The molecular formula is C10H21N. The highest BCUT2D eigenvalue weighted by molar-refractivity contribution is 4.73. The lowest BCUT2D eigenvalue weighted by molar-refractivity contribution is 0.251. The summed E-state index contributed by atoms with van der Waals surface area (Å²) in [7, 11) is 2.25. The lowest BCUT2D eigenvalue weighted by Gasteiger charge is -2.22. The van der Waals surface area contributed by atoms with Gasteiger partial charge in [0, 0.05) is 6.04 Å². The van der Waals surface area contributed by atoms with Crippen LogP contribution >= 0.6 is 0 Å². The maximum atomic E-state index is 2.50. The maximum Gasteiger partial charge on any atom is 0.00665 e. The smallest absolute Gasteiger partial charge is 0.00665 e. The molecule has 0 aromatic rings. The molecule has 1 aliphatic rings. The van der Waals surface area contributed by atoms with Gasteiger partial charge in [-0.15, -0.1) is 0 Å². The van der Waals surface area contributed by atoms with Gasteiger partial charge in [-0.1, -0.05) is 13.3 Å². The van der Waals surface area contributed by atoms with Crippen molar-refractivity contribution in [3.05, 3.63) is 0 Å². The van der Waals surface area contributed by atoms with E-state index < -0.39 is 0 Å². The van der Waals surface area contributed by atoms with E-state index in [4.69, 9.17) is 0 Å². The molecule has 0 radical (unpaired) electrons. The molecule has 1 fully saturated rings. The molecule has 0 aromatic carbocycles. The molecule has 0 spiro atoms. The van der Waals surface area contributed by atoms with Gasteiger partial charge in [0.1, 0.15) is 0 Å². The fourth-order valence-electron chi connectivity index (χ4n) is 2.00. The van der Waals surface area contributed by atoms with Crippen LogP contribution in [0.25, 0.3) is 0 Å². The first-order valence-electron chi connectivity index (χ1n) is 4.94. The van der Waals surface area contributed by atoms with E-state index in [-0.39, 0.29) is 0 Å². The molecule has 2 atom stereocenters. The van der Waals surface area contributed by atoms with E-state index in [0.29, 0.717) is 0 Å². The van der Waals surface area contributed by atoms with Gasteiger partial charge in [-0.05, 0) is 45.7 Å². The van der Waals surface area contributed by atoms with E-state index in [0.717, 1.165) is 12.0 Å². The van der Waals surface area contributed by atoms with Crippen LogP contribution in [0.15, 0.2) is 0 Å². The van der Waals surface area contributed by atoms with Crippen LogP contribution in [-0.2, 0) is 0 Å². The van der Waals surface area contributed by atoms with Crippen molar-refractivity contribution in [1.82, 2.24) is 4.90 Å². The second kappa shape index (κ2) is 4.10. The van der Waals surface area contributed by atoms with E-state index in [1.54, 1.807) is 0 Å². The van der Waals surface area contributed by atoms with Crippen LogP contribution in [0, 0.1) is 5.92 Å². The summed E-state index contributed by atoms with van der Waals surface area (Å²) < 4.78 is 0. The number of hydrogen-bond acceptors (Lipinski definition) is 1. The normalized spacial score (nSPS) is 35.2. The summed E-state index contributed by atoms with van der Waals surface area (Å²) in [6.07, 6.45) is 5.63. The minimum atomic E-state index is 0.808. The number of rotatable bonds is 1. The zero-order valence-electron chi connectivity index (χ0n) is 8.14. The number of hydrogen-bond donors (Lipinski definition) is 0. The van der Waals surface area contributed by atoms with Crippen molar-refractivity contribution in [3.8, 4) is 0 Å². The van der Waals surface area contributed by atoms with Gasteiger partial charge in [0.15, 0.2) is 0 Å². The molecule has 0 saturated carbocycles. The van der Waals surface area contributed by atoms with Crippen LogP contribution < -0.4 is 0 Å². The second-order valence-corrected chi connectivity index (χ2v) is 3.98. The molecule has 11 heavy (non-hydrogen) atoms. The van der Waals surface area contributed by atoms with Gasteiger partial charge in [-0.2, -0.15) is 0 Å². The molecular weight excluding hydrogens is 134 g/mol. The van der Waals surface area contributed by atoms with Crippen molar-refractivity contribution in [2.45, 2.75) is 45.6 Å². The minimum absolute atomic E-state index is 0.808. The summed E-state index contributed by atoms with van der Waals surface area (Å²) in [6, 6.07) is 0.808. The Balaban J connectivity index is 2.41. The highest BCUT2D eigenvalue weighted by Gasteiger charge is 2.18. The Morgan fingerprint density at radius 2 is 2.18 bits per heavy atom. The highest BCUT2D eigenvalue weighted by Crippen LogP contribution is 2.23. The molecule has 1 nitrogen and oxygen atoms in total. The van der Waals surface area contributed by atoms with Crippen LogP contribution in [0.2, 0.25) is 0 Å². The molecule has 1 heterocycles. The summed E-state index contributed by atoms with van der Waals surface area (Å²) in [5, 5.41) is 0. The van der Waals surface area contributed by atoms with Crippen molar-refractivity contribution in [1.29, 1.82) is 0 Å². The predicted octanol–water partition coefficient (Wildman–Crippen LogP) is 2.52. The molecule has 1 rings (SSSR count). The summed E-state index contributed by atoms with van der Waals surface area (Å²) in [5.74, 6) is 0.995. The average Bonchev–Trinajstić information content (AvgIpc) is 2.15. The summed E-state index contributed by atoms with van der Waals surface area (Å²) in [6.45, 7) is 5.98. The fraction of sp³-hybridized carbons (Fsp3) is 1.00. The van der Waals surface area contributed by atoms with Crippen molar-refractivity contribution < 1.29 is 0 Å². The quantitative estimate of drug-likeness (QED) is 0.562. The van der Waals surface area contributed by atoms with E-state index >= 15 is 0 Å². The summed E-state index contributed by atoms with van der Waals surface area (Å²) in [4.78, 5) is 2.50. The SMILES string of the molecule is CCC1CCCN(C)C(C)C1. The monoisotopic (exact) mass is 155 g/mol. The molecule has 0 bridgehead atoms. The maximum absolute atomic E-state index is 2.50. The van der Waals surface area contributed by atoms with Gasteiger partial charge in [-0.3, -0.25) is 0 Å². The van der Waals surface area contributed by atoms with Crippen molar-refractivity contribution in [3.63, 3.8) is 0 Å². The first-order chi connectivity index (χ1) is 5.24. The predicted molar refractivity (Wildman–Crippen MR) is 49.7 cm³/mol. The summed E-state index contributed by atoms with van der Waals surface area (Å²) >= 11 is 0. The molecule has 0 aromatic heterocycles. The first-order valence-corrected chi connectivity index (χ1v) is 4.94. The third kappa shape index (κ3) is 2.48. The molecule has 0 aliphatic carbocycles. The van der Waals surface area contributed by atoms with E-state index in [1.807, 2.05) is 0 Å². The zero-order chi connectivity index (χ0) is 8.27. The third-order valence-corrected chi connectivity index (χ3v) is 3.13. The van der Waals surface area contributed by atoms with Gasteiger partial charge < -0.3 is 4.90 Å². The zero-order valence-corrected chi connectivity index (χ0v) is 8.14. The van der Waals surface area contributed by atoms with E-state index in [9.17, 15) is 0 Å². The van der Waals surface area contributed by atoms with E-state index in [2.05, 4.69) is 25.8 Å². The Bertz CT molecular complexity index is 111. The third-order valence-electron chi connectivity index (χ3n) is 3.13. The average molecular weight is 155 g/mol. The Morgan fingerprint density at radius 3 is 2.82 bits per heavy atom. The Kier molecular flexibility index (Phi) is 3.38. The Hall–Kier alpha value is -0.0400.